The van der Waals surface area contributed by atoms with Crippen LogP contribution in [-0.2, 0) is 0 Å². The van der Waals surface area contributed by atoms with Gasteiger partial charge in [-0.05, 0) is 50.7 Å². The summed E-state index contributed by atoms with van der Waals surface area (Å²) >= 11 is 0. The molecule has 0 aliphatic carbocycles. The first-order chi connectivity index (χ1) is 8.77. The first kappa shape index (κ1) is 18.0. The maximum Gasteiger partial charge on any atom is -0.00160 e. The molecule has 1 aliphatic rings. The Morgan fingerprint density at radius 3 is 2.11 bits per heavy atom. The quantitative estimate of drug-likeness (QED) is 0.554. The van der Waals surface area contributed by atoms with E-state index >= 15 is 0 Å². The summed E-state index contributed by atoms with van der Waals surface area (Å²) in [6.45, 7) is 15.1. The first-order valence-corrected chi connectivity index (χ1v) is 8.50. The van der Waals surface area contributed by atoms with E-state index in [1.807, 2.05) is 13.8 Å². The summed E-state index contributed by atoms with van der Waals surface area (Å²) in [5.41, 5.74) is 0. The van der Waals surface area contributed by atoms with Crippen molar-refractivity contribution in [1.82, 2.24) is 4.90 Å². The third kappa shape index (κ3) is 7.41. The Balaban J connectivity index is 0.00000137. The SMILES string of the molecule is CC.CCCCCCN1CCC(C(C)CC)CC1. The second-order valence-corrected chi connectivity index (χ2v) is 5.63. The van der Waals surface area contributed by atoms with Crippen LogP contribution in [0.2, 0.25) is 0 Å². The smallest absolute Gasteiger partial charge is 0.00160 e. The van der Waals surface area contributed by atoms with Crippen LogP contribution in [0.5, 0.6) is 0 Å². The molecule has 0 aromatic heterocycles. The number of hydrogen-bond acceptors (Lipinski definition) is 1. The van der Waals surface area contributed by atoms with Gasteiger partial charge in [0.05, 0.1) is 0 Å². The Bertz CT molecular complexity index is 159. The molecule has 0 bridgehead atoms. The van der Waals surface area contributed by atoms with E-state index in [4.69, 9.17) is 0 Å². The topological polar surface area (TPSA) is 3.24 Å². The molecule has 1 atom stereocenters. The molecule has 1 fully saturated rings. The average Bonchev–Trinajstić information content (AvgIpc) is 2.45. The highest BCUT2D eigenvalue weighted by Gasteiger charge is 2.22. The Labute approximate surface area is 116 Å². The fraction of sp³-hybridized carbons (Fsp3) is 1.00. The van der Waals surface area contributed by atoms with Gasteiger partial charge >= 0.3 is 0 Å². The summed E-state index contributed by atoms with van der Waals surface area (Å²) < 4.78 is 0. The van der Waals surface area contributed by atoms with Gasteiger partial charge in [0.15, 0.2) is 0 Å². The molecule has 1 heterocycles. The zero-order valence-electron chi connectivity index (χ0n) is 13.7. The molecule has 0 N–H and O–H groups in total. The highest BCUT2D eigenvalue weighted by Crippen LogP contribution is 2.26. The Kier molecular flexibility index (Phi) is 12.0. The van der Waals surface area contributed by atoms with E-state index in [9.17, 15) is 0 Å². The molecule has 1 rings (SSSR count). The zero-order valence-corrected chi connectivity index (χ0v) is 13.7. The first-order valence-electron chi connectivity index (χ1n) is 8.50. The molecule has 0 amide bonds. The van der Waals surface area contributed by atoms with Crippen molar-refractivity contribution in [2.75, 3.05) is 19.6 Å². The van der Waals surface area contributed by atoms with E-state index < -0.39 is 0 Å². The summed E-state index contributed by atoms with van der Waals surface area (Å²) in [5.74, 6) is 1.96. The number of piperidine rings is 1. The standard InChI is InChI=1S/C15H31N.C2H6/c1-4-6-7-8-11-16-12-9-15(10-13-16)14(3)5-2;1-2/h14-15H,4-13H2,1-3H3;1-2H3. The molecular formula is C17H37N. The second kappa shape index (κ2) is 12.0. The van der Waals surface area contributed by atoms with Crippen LogP contribution in [-0.4, -0.2) is 24.5 Å². The van der Waals surface area contributed by atoms with Gasteiger partial charge in [0.2, 0.25) is 0 Å². The fourth-order valence-corrected chi connectivity index (χ4v) is 2.84. The minimum atomic E-state index is 0.947. The van der Waals surface area contributed by atoms with Gasteiger partial charge in [-0.15, -0.1) is 0 Å². The normalized spacial score (nSPS) is 19.2. The Hall–Kier alpha value is -0.0400. The summed E-state index contributed by atoms with van der Waals surface area (Å²) in [5, 5.41) is 0. The van der Waals surface area contributed by atoms with Crippen LogP contribution < -0.4 is 0 Å². The Morgan fingerprint density at radius 1 is 1.00 bits per heavy atom. The predicted molar refractivity (Wildman–Crippen MR) is 84.1 cm³/mol. The summed E-state index contributed by atoms with van der Waals surface area (Å²) in [6.07, 6.45) is 9.88. The van der Waals surface area contributed by atoms with Crippen molar-refractivity contribution in [2.24, 2.45) is 11.8 Å². The molecular weight excluding hydrogens is 218 g/mol. The molecule has 110 valence electrons. The third-order valence-electron chi connectivity index (χ3n) is 4.41. The van der Waals surface area contributed by atoms with Gasteiger partial charge in [0.25, 0.3) is 0 Å². The maximum absolute atomic E-state index is 2.69. The van der Waals surface area contributed by atoms with Crippen LogP contribution in [0.4, 0.5) is 0 Å². The summed E-state index contributed by atoms with van der Waals surface area (Å²) in [6, 6.07) is 0. The zero-order chi connectivity index (χ0) is 13.8. The highest BCUT2D eigenvalue weighted by molar-refractivity contribution is 4.75. The molecule has 0 aromatic carbocycles. The van der Waals surface area contributed by atoms with Crippen molar-refractivity contribution in [3.05, 3.63) is 0 Å². The molecule has 18 heavy (non-hydrogen) atoms. The van der Waals surface area contributed by atoms with Crippen molar-refractivity contribution >= 4 is 0 Å². The molecule has 1 heteroatoms. The minimum absolute atomic E-state index is 0.947. The number of nitrogens with zero attached hydrogens (tertiary/aromatic N) is 1. The largest absolute Gasteiger partial charge is 0.303 e. The van der Waals surface area contributed by atoms with Crippen molar-refractivity contribution in [3.63, 3.8) is 0 Å². The lowest BCUT2D eigenvalue weighted by Crippen LogP contribution is -2.36. The predicted octanol–water partition coefficient (Wildman–Crippen LogP) is 5.35. The van der Waals surface area contributed by atoms with Crippen LogP contribution >= 0.6 is 0 Å². The molecule has 1 saturated heterocycles. The lowest BCUT2D eigenvalue weighted by Gasteiger charge is -2.34. The van der Waals surface area contributed by atoms with Crippen molar-refractivity contribution < 1.29 is 0 Å². The third-order valence-corrected chi connectivity index (χ3v) is 4.41. The highest BCUT2D eigenvalue weighted by atomic mass is 15.1. The van der Waals surface area contributed by atoms with Crippen LogP contribution in [0.3, 0.4) is 0 Å². The summed E-state index contributed by atoms with van der Waals surface area (Å²) in [7, 11) is 0. The number of unbranched alkanes of at least 4 members (excludes halogenated alkanes) is 3. The lowest BCUT2D eigenvalue weighted by atomic mass is 9.84. The average molecular weight is 255 g/mol. The van der Waals surface area contributed by atoms with Crippen LogP contribution in [0.15, 0.2) is 0 Å². The molecule has 0 saturated carbocycles. The van der Waals surface area contributed by atoms with E-state index in [1.165, 1.54) is 64.6 Å². The van der Waals surface area contributed by atoms with Crippen LogP contribution in [0.25, 0.3) is 0 Å². The van der Waals surface area contributed by atoms with E-state index in [-0.39, 0.29) is 0 Å². The van der Waals surface area contributed by atoms with Gasteiger partial charge in [0.1, 0.15) is 0 Å². The molecule has 1 nitrogen and oxygen atoms in total. The van der Waals surface area contributed by atoms with Crippen molar-refractivity contribution in [2.45, 2.75) is 79.6 Å². The lowest BCUT2D eigenvalue weighted by molar-refractivity contribution is 0.148. The number of likely N-dealkylation sites (tertiary alicyclic amines) is 1. The molecule has 0 aromatic rings. The van der Waals surface area contributed by atoms with Gasteiger partial charge in [-0.1, -0.05) is 60.3 Å². The number of hydrogen-bond donors (Lipinski definition) is 0. The minimum Gasteiger partial charge on any atom is -0.303 e. The van der Waals surface area contributed by atoms with Crippen molar-refractivity contribution in [3.8, 4) is 0 Å². The van der Waals surface area contributed by atoms with Gasteiger partial charge in [0, 0.05) is 0 Å². The Morgan fingerprint density at radius 2 is 1.61 bits per heavy atom. The summed E-state index contributed by atoms with van der Waals surface area (Å²) in [4.78, 5) is 2.69. The second-order valence-electron chi connectivity index (χ2n) is 5.63. The molecule has 1 unspecified atom stereocenters. The van der Waals surface area contributed by atoms with E-state index in [2.05, 4.69) is 25.7 Å². The molecule has 1 aliphatic heterocycles. The van der Waals surface area contributed by atoms with Gasteiger partial charge in [-0.25, -0.2) is 0 Å². The fourth-order valence-electron chi connectivity index (χ4n) is 2.84. The van der Waals surface area contributed by atoms with E-state index in [0.29, 0.717) is 0 Å². The number of rotatable bonds is 7. The van der Waals surface area contributed by atoms with E-state index in [0.717, 1.165) is 11.8 Å². The monoisotopic (exact) mass is 255 g/mol. The van der Waals surface area contributed by atoms with Gasteiger partial charge < -0.3 is 4.90 Å². The van der Waals surface area contributed by atoms with E-state index in [1.54, 1.807) is 0 Å². The van der Waals surface area contributed by atoms with Gasteiger partial charge in [-0.2, -0.15) is 0 Å². The molecule has 0 spiro atoms. The maximum atomic E-state index is 2.69. The van der Waals surface area contributed by atoms with Crippen LogP contribution in [0, 0.1) is 11.8 Å². The van der Waals surface area contributed by atoms with Crippen LogP contribution in [0.1, 0.15) is 79.6 Å². The molecule has 0 radical (unpaired) electrons. The van der Waals surface area contributed by atoms with Crippen molar-refractivity contribution in [1.29, 1.82) is 0 Å². The van der Waals surface area contributed by atoms with Gasteiger partial charge in [-0.3, -0.25) is 0 Å².